The summed E-state index contributed by atoms with van der Waals surface area (Å²) in [5.74, 6) is -2.65. The zero-order valence-corrected chi connectivity index (χ0v) is 8.04. The summed E-state index contributed by atoms with van der Waals surface area (Å²) in [5.41, 5.74) is 0.0369. The molecule has 0 radical (unpaired) electrons. The Morgan fingerprint density at radius 3 is 2.75 bits per heavy atom. The van der Waals surface area contributed by atoms with Crippen LogP contribution in [-0.2, 0) is 0 Å². The van der Waals surface area contributed by atoms with E-state index in [1.54, 1.807) is 0 Å². The van der Waals surface area contributed by atoms with Gasteiger partial charge in [-0.1, -0.05) is 6.07 Å². The number of anilines is 1. The minimum absolute atomic E-state index is 0.203. The van der Waals surface area contributed by atoms with Crippen molar-refractivity contribution in [3.8, 4) is 0 Å². The first-order valence-electron chi connectivity index (χ1n) is 4.46. The van der Waals surface area contributed by atoms with Gasteiger partial charge in [-0.15, -0.1) is 0 Å². The van der Waals surface area contributed by atoms with Crippen LogP contribution in [0.5, 0.6) is 0 Å². The molecule has 2 aromatic rings. The molecule has 1 heterocycles. The highest BCUT2D eigenvalue weighted by Crippen LogP contribution is 2.17. The van der Waals surface area contributed by atoms with Crippen molar-refractivity contribution in [2.24, 2.45) is 0 Å². The van der Waals surface area contributed by atoms with Crippen molar-refractivity contribution in [1.29, 1.82) is 0 Å². The van der Waals surface area contributed by atoms with Gasteiger partial charge in [-0.25, -0.2) is 8.78 Å². The summed E-state index contributed by atoms with van der Waals surface area (Å²) in [7, 11) is 0. The maximum Gasteiger partial charge on any atom is 0.258 e. The molecule has 1 aromatic carbocycles. The third-order valence-corrected chi connectivity index (χ3v) is 1.98. The average molecular weight is 223 g/mol. The van der Waals surface area contributed by atoms with Crippen LogP contribution in [0.15, 0.2) is 41.2 Å². The molecule has 16 heavy (non-hydrogen) atoms. The monoisotopic (exact) mass is 223 g/mol. The summed E-state index contributed by atoms with van der Waals surface area (Å²) >= 11 is 0. The lowest BCUT2D eigenvalue weighted by Crippen LogP contribution is -2.12. The minimum Gasteiger partial charge on any atom is -0.472 e. The molecule has 0 saturated carbocycles. The van der Waals surface area contributed by atoms with Gasteiger partial charge in [0, 0.05) is 0 Å². The molecule has 1 amide bonds. The summed E-state index contributed by atoms with van der Waals surface area (Å²) < 4.78 is 30.7. The van der Waals surface area contributed by atoms with Crippen molar-refractivity contribution in [2.45, 2.75) is 0 Å². The molecule has 1 aromatic heterocycles. The van der Waals surface area contributed by atoms with E-state index in [0.29, 0.717) is 0 Å². The fourth-order valence-corrected chi connectivity index (χ4v) is 1.19. The van der Waals surface area contributed by atoms with E-state index in [2.05, 4.69) is 5.32 Å². The highest BCUT2D eigenvalue weighted by molar-refractivity contribution is 6.04. The quantitative estimate of drug-likeness (QED) is 0.850. The molecule has 0 aliphatic rings. The summed E-state index contributed by atoms with van der Waals surface area (Å²) in [4.78, 5) is 11.5. The van der Waals surface area contributed by atoms with Crippen molar-refractivity contribution in [3.05, 3.63) is 54.0 Å². The molecule has 0 spiro atoms. The van der Waals surface area contributed by atoms with Crippen LogP contribution in [-0.4, -0.2) is 5.91 Å². The van der Waals surface area contributed by atoms with Crippen LogP contribution >= 0.6 is 0 Å². The third kappa shape index (κ3) is 1.93. The number of nitrogens with one attached hydrogen (secondary N) is 1. The average Bonchev–Trinajstić information content (AvgIpc) is 2.78. The molecular formula is C11H7F2NO2. The van der Waals surface area contributed by atoms with E-state index in [-0.39, 0.29) is 11.3 Å². The molecule has 0 aliphatic carbocycles. The van der Waals surface area contributed by atoms with Gasteiger partial charge in [-0.05, 0) is 18.2 Å². The minimum atomic E-state index is -1.08. The predicted molar refractivity (Wildman–Crippen MR) is 53.0 cm³/mol. The molecule has 0 aliphatic heterocycles. The van der Waals surface area contributed by atoms with Crippen LogP contribution in [0, 0.1) is 11.6 Å². The Balaban J connectivity index is 2.22. The zero-order valence-electron chi connectivity index (χ0n) is 8.04. The van der Waals surface area contributed by atoms with Gasteiger partial charge in [-0.2, -0.15) is 0 Å². The van der Waals surface area contributed by atoms with Gasteiger partial charge in [0.2, 0.25) is 0 Å². The zero-order chi connectivity index (χ0) is 11.5. The number of hydrogen-bond acceptors (Lipinski definition) is 2. The Labute approximate surface area is 89.7 Å². The number of rotatable bonds is 2. The number of halogens is 2. The first-order chi connectivity index (χ1) is 7.68. The van der Waals surface area contributed by atoms with E-state index in [1.807, 2.05) is 0 Å². The second-order valence-electron chi connectivity index (χ2n) is 3.07. The highest BCUT2D eigenvalue weighted by Gasteiger charge is 2.12. The second-order valence-corrected chi connectivity index (χ2v) is 3.07. The molecule has 0 saturated heterocycles. The SMILES string of the molecule is O=C(Nc1cccc(F)c1F)c1ccoc1. The Bertz CT molecular complexity index is 509. The Morgan fingerprint density at radius 2 is 2.06 bits per heavy atom. The summed E-state index contributed by atoms with van der Waals surface area (Å²) in [6.07, 6.45) is 2.53. The van der Waals surface area contributed by atoms with Crippen LogP contribution < -0.4 is 5.32 Å². The van der Waals surface area contributed by atoms with E-state index >= 15 is 0 Å². The van der Waals surface area contributed by atoms with Crippen molar-refractivity contribution >= 4 is 11.6 Å². The standard InChI is InChI=1S/C11H7F2NO2/c12-8-2-1-3-9(10(8)13)14-11(15)7-4-5-16-6-7/h1-6H,(H,14,15). The second kappa shape index (κ2) is 4.14. The van der Waals surface area contributed by atoms with Crippen LogP contribution in [0.1, 0.15) is 10.4 Å². The normalized spacial score (nSPS) is 10.1. The molecule has 0 atom stereocenters. The van der Waals surface area contributed by atoms with E-state index in [4.69, 9.17) is 4.42 Å². The molecule has 0 bridgehead atoms. The Kier molecular flexibility index (Phi) is 2.68. The first-order valence-corrected chi connectivity index (χ1v) is 4.46. The number of hydrogen-bond donors (Lipinski definition) is 1. The Hall–Kier alpha value is -2.17. The van der Waals surface area contributed by atoms with Gasteiger partial charge >= 0.3 is 0 Å². The van der Waals surface area contributed by atoms with Crippen LogP contribution in [0.3, 0.4) is 0 Å². The molecule has 1 N–H and O–H groups in total. The van der Waals surface area contributed by atoms with Crippen molar-refractivity contribution in [2.75, 3.05) is 5.32 Å². The van der Waals surface area contributed by atoms with Crippen molar-refractivity contribution in [3.63, 3.8) is 0 Å². The molecule has 0 fully saturated rings. The fourth-order valence-electron chi connectivity index (χ4n) is 1.19. The van der Waals surface area contributed by atoms with Gasteiger partial charge in [-0.3, -0.25) is 4.79 Å². The van der Waals surface area contributed by atoms with Crippen LogP contribution in [0.2, 0.25) is 0 Å². The number of carbonyl (C=O) groups is 1. The third-order valence-electron chi connectivity index (χ3n) is 1.98. The summed E-state index contributed by atoms with van der Waals surface area (Å²) in [5, 5.41) is 2.24. The van der Waals surface area contributed by atoms with E-state index < -0.39 is 17.5 Å². The highest BCUT2D eigenvalue weighted by atomic mass is 19.2. The van der Waals surface area contributed by atoms with Crippen LogP contribution in [0.25, 0.3) is 0 Å². The number of furan rings is 1. The first kappa shape index (κ1) is 10.4. The van der Waals surface area contributed by atoms with Gasteiger partial charge in [0.15, 0.2) is 11.6 Å². The number of benzene rings is 1. The summed E-state index contributed by atoms with van der Waals surface area (Å²) in [6.45, 7) is 0. The van der Waals surface area contributed by atoms with Crippen molar-refractivity contribution < 1.29 is 18.0 Å². The van der Waals surface area contributed by atoms with E-state index in [1.165, 1.54) is 30.7 Å². The smallest absolute Gasteiger partial charge is 0.258 e. The number of amides is 1. The lowest BCUT2D eigenvalue weighted by atomic mass is 10.2. The van der Waals surface area contributed by atoms with Gasteiger partial charge in [0.05, 0.1) is 17.5 Å². The van der Waals surface area contributed by atoms with Crippen molar-refractivity contribution in [1.82, 2.24) is 0 Å². The molecule has 82 valence electrons. The molecule has 2 rings (SSSR count). The topological polar surface area (TPSA) is 42.2 Å². The van der Waals surface area contributed by atoms with E-state index in [0.717, 1.165) is 6.07 Å². The largest absolute Gasteiger partial charge is 0.472 e. The maximum absolute atomic E-state index is 13.2. The molecule has 5 heteroatoms. The van der Waals surface area contributed by atoms with Gasteiger partial charge in [0.1, 0.15) is 6.26 Å². The fraction of sp³-hybridized carbons (Fsp3) is 0. The van der Waals surface area contributed by atoms with Gasteiger partial charge in [0.25, 0.3) is 5.91 Å². The van der Waals surface area contributed by atoms with Crippen LogP contribution in [0.4, 0.5) is 14.5 Å². The molecule has 0 unspecified atom stereocenters. The van der Waals surface area contributed by atoms with E-state index in [9.17, 15) is 13.6 Å². The number of carbonyl (C=O) groups excluding carboxylic acids is 1. The lowest BCUT2D eigenvalue weighted by molar-refractivity contribution is 0.102. The molecule has 3 nitrogen and oxygen atoms in total. The molecular weight excluding hydrogens is 216 g/mol. The summed E-state index contributed by atoms with van der Waals surface area (Å²) in [6, 6.07) is 4.98. The van der Waals surface area contributed by atoms with Gasteiger partial charge < -0.3 is 9.73 Å². The lowest BCUT2D eigenvalue weighted by Gasteiger charge is -2.04. The predicted octanol–water partition coefficient (Wildman–Crippen LogP) is 2.81. The maximum atomic E-state index is 13.2. The Morgan fingerprint density at radius 1 is 1.25 bits per heavy atom.